The van der Waals surface area contributed by atoms with Crippen molar-refractivity contribution in [3.8, 4) is 0 Å². The molecule has 3 rings (SSSR count). The highest BCUT2D eigenvalue weighted by Crippen LogP contribution is 2.30. The zero-order valence-electron chi connectivity index (χ0n) is 15.2. The number of fused-ring (bicyclic) bond motifs is 1. The number of rotatable bonds is 2. The normalized spacial score (nSPS) is 15.2. The number of amides is 1. The molecule has 1 aliphatic rings. The zero-order valence-corrected chi connectivity index (χ0v) is 15.2. The summed E-state index contributed by atoms with van der Waals surface area (Å²) in [4.78, 5) is 28.8. The number of ether oxygens (including phenoxy) is 1. The largest absolute Gasteiger partial charge is 0.444 e. The van der Waals surface area contributed by atoms with Gasteiger partial charge in [0.25, 0.3) is 0 Å². The quantitative estimate of drug-likeness (QED) is 0.825. The first kappa shape index (κ1) is 17.3. The number of hydrogen-bond acceptors (Lipinski definition) is 3. The first-order valence-corrected chi connectivity index (χ1v) is 8.54. The number of ketones is 1. The molecule has 132 valence electrons. The van der Waals surface area contributed by atoms with Gasteiger partial charge in [0.2, 0.25) is 0 Å². The molecule has 1 amide bonds. The average molecular weight is 340 g/mol. The smallest absolute Gasteiger partial charge is 0.410 e. The van der Waals surface area contributed by atoms with E-state index in [-0.39, 0.29) is 11.9 Å². The van der Waals surface area contributed by atoms with E-state index in [4.69, 9.17) is 4.74 Å². The van der Waals surface area contributed by atoms with Gasteiger partial charge >= 0.3 is 6.09 Å². The molecule has 5 nitrogen and oxygen atoms in total. The minimum absolute atomic E-state index is 0.0240. The van der Waals surface area contributed by atoms with Crippen LogP contribution in [-0.2, 0) is 4.74 Å². The maximum absolute atomic E-state index is 12.2. The summed E-state index contributed by atoms with van der Waals surface area (Å²) in [5, 5.41) is 1.03. The number of carbonyl (C=O) groups excluding carboxylic acids is 2. The van der Waals surface area contributed by atoms with E-state index in [0.29, 0.717) is 18.8 Å². The second-order valence-corrected chi connectivity index (χ2v) is 7.41. The van der Waals surface area contributed by atoms with Crippen LogP contribution in [0.15, 0.2) is 30.3 Å². The predicted molar refractivity (Wildman–Crippen MR) is 98.7 cm³/mol. The second-order valence-electron chi connectivity index (χ2n) is 7.41. The van der Waals surface area contributed by atoms with Gasteiger partial charge in [0.15, 0.2) is 5.78 Å². The van der Waals surface area contributed by atoms with E-state index in [1.54, 1.807) is 11.8 Å². The third kappa shape index (κ3) is 3.76. The fourth-order valence-corrected chi connectivity index (χ4v) is 3.02. The molecular formula is C20H24N2O3. The van der Waals surface area contributed by atoms with E-state index in [9.17, 15) is 9.59 Å². The molecule has 0 saturated carbocycles. The third-order valence-corrected chi connectivity index (χ3v) is 4.24. The topological polar surface area (TPSA) is 62.4 Å². The average Bonchev–Trinajstić information content (AvgIpc) is 2.98. The Balaban J connectivity index is 1.83. The lowest BCUT2D eigenvalue weighted by atomic mass is 9.98. The number of carbonyl (C=O) groups is 2. The molecule has 1 aromatic heterocycles. The van der Waals surface area contributed by atoms with Gasteiger partial charge in [-0.2, -0.15) is 0 Å². The summed E-state index contributed by atoms with van der Waals surface area (Å²) in [7, 11) is 0. The van der Waals surface area contributed by atoms with Crippen LogP contribution in [0.2, 0.25) is 0 Å². The predicted octanol–water partition coefficient (Wildman–Crippen LogP) is 4.39. The van der Waals surface area contributed by atoms with Gasteiger partial charge < -0.3 is 14.6 Å². The molecule has 0 bridgehead atoms. The zero-order chi connectivity index (χ0) is 18.2. The van der Waals surface area contributed by atoms with Crippen LogP contribution in [0.25, 0.3) is 16.5 Å². The van der Waals surface area contributed by atoms with Crippen molar-refractivity contribution in [1.82, 2.24) is 9.88 Å². The number of nitrogens with one attached hydrogen (secondary N) is 1. The summed E-state index contributed by atoms with van der Waals surface area (Å²) >= 11 is 0. The molecular weight excluding hydrogens is 316 g/mol. The fourth-order valence-electron chi connectivity index (χ4n) is 3.02. The van der Waals surface area contributed by atoms with Crippen molar-refractivity contribution in [2.24, 2.45) is 0 Å². The molecule has 0 unspecified atom stereocenters. The molecule has 5 heteroatoms. The van der Waals surface area contributed by atoms with Crippen LogP contribution in [0, 0.1) is 0 Å². The number of para-hydroxylation sites is 1. The maximum Gasteiger partial charge on any atom is 0.410 e. The third-order valence-electron chi connectivity index (χ3n) is 4.24. The van der Waals surface area contributed by atoms with Gasteiger partial charge in [0.1, 0.15) is 5.60 Å². The molecule has 1 aromatic carbocycles. The van der Waals surface area contributed by atoms with Gasteiger partial charge in [-0.25, -0.2) is 4.79 Å². The summed E-state index contributed by atoms with van der Waals surface area (Å²) < 4.78 is 5.43. The van der Waals surface area contributed by atoms with Crippen LogP contribution in [0.1, 0.15) is 50.2 Å². The Kier molecular flexibility index (Phi) is 4.41. The number of H-pyrrole nitrogens is 1. The minimum Gasteiger partial charge on any atom is -0.444 e. The van der Waals surface area contributed by atoms with Gasteiger partial charge in [-0.05, 0) is 38.8 Å². The van der Waals surface area contributed by atoms with E-state index in [1.807, 2.05) is 39.0 Å². The van der Waals surface area contributed by atoms with Crippen molar-refractivity contribution in [3.63, 3.8) is 0 Å². The molecule has 1 aliphatic heterocycles. The second kappa shape index (κ2) is 6.39. The van der Waals surface area contributed by atoms with E-state index in [0.717, 1.165) is 22.9 Å². The van der Waals surface area contributed by atoms with Crippen LogP contribution < -0.4 is 0 Å². The van der Waals surface area contributed by atoms with E-state index < -0.39 is 5.60 Å². The summed E-state index contributed by atoms with van der Waals surface area (Å²) in [6, 6.07) is 7.93. The SMILES string of the molecule is CC(=O)c1cc2cccc(C3=CCN(C(=O)OC(C)(C)C)CC3)c2[nH]1. The lowest BCUT2D eigenvalue weighted by Crippen LogP contribution is -2.39. The Labute approximate surface area is 147 Å². The lowest BCUT2D eigenvalue weighted by molar-refractivity contribution is 0.0270. The molecule has 0 aliphatic carbocycles. The van der Waals surface area contributed by atoms with Crippen LogP contribution in [-0.4, -0.2) is 40.5 Å². The van der Waals surface area contributed by atoms with Crippen molar-refractivity contribution >= 4 is 28.4 Å². The van der Waals surface area contributed by atoms with Gasteiger partial charge in [-0.3, -0.25) is 4.79 Å². The van der Waals surface area contributed by atoms with E-state index in [1.165, 1.54) is 5.57 Å². The molecule has 0 fully saturated rings. The van der Waals surface area contributed by atoms with E-state index in [2.05, 4.69) is 17.1 Å². The molecule has 25 heavy (non-hydrogen) atoms. The molecule has 0 saturated heterocycles. The highest BCUT2D eigenvalue weighted by molar-refractivity contribution is 6.01. The molecule has 1 N–H and O–H groups in total. The Morgan fingerprint density at radius 1 is 1.24 bits per heavy atom. The highest BCUT2D eigenvalue weighted by Gasteiger charge is 2.24. The number of nitrogens with zero attached hydrogens (tertiary/aromatic N) is 1. The maximum atomic E-state index is 12.2. The monoisotopic (exact) mass is 340 g/mol. The number of hydrogen-bond donors (Lipinski definition) is 1. The van der Waals surface area contributed by atoms with Crippen molar-refractivity contribution in [2.75, 3.05) is 13.1 Å². The molecule has 2 heterocycles. The standard InChI is InChI=1S/C20H24N2O3/c1-13(23)17-12-15-6-5-7-16(18(15)21-17)14-8-10-22(11-9-14)19(24)25-20(2,3)4/h5-8,12,21H,9-11H2,1-4H3. The fraction of sp³-hybridized carbons (Fsp3) is 0.400. The molecule has 0 radical (unpaired) electrons. The first-order chi connectivity index (χ1) is 11.7. The van der Waals surface area contributed by atoms with Gasteiger partial charge in [-0.15, -0.1) is 0 Å². The Hall–Kier alpha value is -2.56. The molecule has 0 atom stereocenters. The molecule has 2 aromatic rings. The number of aromatic amines is 1. The summed E-state index contributed by atoms with van der Waals surface area (Å²) in [6.45, 7) is 8.32. The number of aromatic nitrogens is 1. The van der Waals surface area contributed by atoms with E-state index >= 15 is 0 Å². The van der Waals surface area contributed by atoms with Crippen LogP contribution in [0.5, 0.6) is 0 Å². The van der Waals surface area contributed by atoms with Crippen LogP contribution in [0.4, 0.5) is 4.79 Å². The Morgan fingerprint density at radius 3 is 2.60 bits per heavy atom. The van der Waals surface area contributed by atoms with Crippen molar-refractivity contribution in [2.45, 2.75) is 39.7 Å². The summed E-state index contributed by atoms with van der Waals surface area (Å²) in [5.41, 5.74) is 3.38. The van der Waals surface area contributed by atoms with Gasteiger partial charge in [0, 0.05) is 31.0 Å². The number of Topliss-reactive ketones (excluding diaryl/α,β-unsaturated/α-hetero) is 1. The summed E-state index contributed by atoms with van der Waals surface area (Å²) in [5.74, 6) is 0.0240. The lowest BCUT2D eigenvalue weighted by Gasteiger charge is -2.29. The van der Waals surface area contributed by atoms with Gasteiger partial charge in [0.05, 0.1) is 11.2 Å². The molecule has 0 spiro atoms. The van der Waals surface area contributed by atoms with Crippen molar-refractivity contribution in [3.05, 3.63) is 41.6 Å². The Morgan fingerprint density at radius 2 is 2.00 bits per heavy atom. The minimum atomic E-state index is -0.486. The Bertz CT molecular complexity index is 855. The summed E-state index contributed by atoms with van der Waals surface area (Å²) in [6.07, 6.45) is 2.54. The van der Waals surface area contributed by atoms with Crippen molar-refractivity contribution in [1.29, 1.82) is 0 Å². The first-order valence-electron chi connectivity index (χ1n) is 8.54. The highest BCUT2D eigenvalue weighted by atomic mass is 16.6. The van der Waals surface area contributed by atoms with Crippen LogP contribution >= 0.6 is 0 Å². The number of benzene rings is 1. The van der Waals surface area contributed by atoms with Gasteiger partial charge in [-0.1, -0.05) is 24.3 Å². The van der Waals surface area contributed by atoms with Crippen LogP contribution in [0.3, 0.4) is 0 Å². The van der Waals surface area contributed by atoms with Crippen molar-refractivity contribution < 1.29 is 14.3 Å².